The minimum absolute atomic E-state index is 0. The second-order valence-corrected chi connectivity index (χ2v) is 5.69. The predicted octanol–water partition coefficient (Wildman–Crippen LogP) is 3.86. The summed E-state index contributed by atoms with van der Waals surface area (Å²) >= 11 is 5.99. The van der Waals surface area contributed by atoms with E-state index in [-0.39, 0.29) is 24.0 Å². The maximum absolute atomic E-state index is 5.99. The molecule has 7 heteroatoms. The molecule has 2 N–H and O–H groups in total. The van der Waals surface area contributed by atoms with Gasteiger partial charge in [0.25, 0.3) is 0 Å². The average molecular weight is 463 g/mol. The number of aryl methyl sites for hydroxylation is 2. The van der Waals surface area contributed by atoms with E-state index < -0.39 is 0 Å². The number of nitrogens with zero attached hydrogens (tertiary/aromatic N) is 2. The van der Waals surface area contributed by atoms with E-state index in [1.807, 2.05) is 39.0 Å². The van der Waals surface area contributed by atoms with Crippen molar-refractivity contribution in [2.75, 3.05) is 13.1 Å². The number of aromatic nitrogens is 1. The van der Waals surface area contributed by atoms with Gasteiger partial charge in [0.15, 0.2) is 5.96 Å². The van der Waals surface area contributed by atoms with E-state index in [1.165, 1.54) is 5.56 Å². The van der Waals surface area contributed by atoms with E-state index in [0.29, 0.717) is 12.4 Å². The van der Waals surface area contributed by atoms with E-state index in [1.54, 1.807) is 0 Å². The van der Waals surface area contributed by atoms with Gasteiger partial charge in [-0.3, -0.25) is 0 Å². The van der Waals surface area contributed by atoms with Crippen LogP contribution in [0.2, 0.25) is 5.02 Å². The molecule has 0 unspecified atom stereocenters. The van der Waals surface area contributed by atoms with Crippen molar-refractivity contribution in [2.45, 2.75) is 33.7 Å². The van der Waals surface area contributed by atoms with Gasteiger partial charge in [-0.05, 0) is 44.9 Å². The van der Waals surface area contributed by atoms with Crippen LogP contribution in [0.25, 0.3) is 0 Å². The normalized spacial score (nSPS) is 11.1. The van der Waals surface area contributed by atoms with Crippen molar-refractivity contribution in [3.63, 3.8) is 0 Å². The standard InChI is InChI=1S/C17H23ClN4O.HI/c1-4-19-17(21-11-16-22-12(2)13(3)23-16)20-9-8-14-6-5-7-15(18)10-14;/h5-7,10H,4,8-9,11H2,1-3H3,(H2,19,20,21);1H. The quantitative estimate of drug-likeness (QED) is 0.389. The zero-order valence-corrected chi connectivity index (χ0v) is 17.3. The van der Waals surface area contributed by atoms with Gasteiger partial charge in [0, 0.05) is 18.1 Å². The van der Waals surface area contributed by atoms with E-state index in [2.05, 4.69) is 26.7 Å². The first-order valence-electron chi connectivity index (χ1n) is 7.78. The molecule has 24 heavy (non-hydrogen) atoms. The number of hydrogen-bond donors (Lipinski definition) is 2. The zero-order valence-electron chi connectivity index (χ0n) is 14.2. The van der Waals surface area contributed by atoms with Crippen LogP contribution < -0.4 is 10.6 Å². The van der Waals surface area contributed by atoms with Crippen LogP contribution in [0, 0.1) is 13.8 Å². The van der Waals surface area contributed by atoms with Gasteiger partial charge >= 0.3 is 0 Å². The SMILES string of the molecule is CCNC(=NCc1nc(C)c(C)o1)NCCc1cccc(Cl)c1.I. The summed E-state index contributed by atoms with van der Waals surface area (Å²) in [6, 6.07) is 7.89. The average Bonchev–Trinajstić information content (AvgIpc) is 2.83. The molecule has 0 bridgehead atoms. The molecule has 0 aliphatic carbocycles. The highest BCUT2D eigenvalue weighted by molar-refractivity contribution is 14.0. The van der Waals surface area contributed by atoms with Crippen molar-refractivity contribution < 1.29 is 4.42 Å². The fraction of sp³-hybridized carbons (Fsp3) is 0.412. The van der Waals surface area contributed by atoms with Gasteiger partial charge in [-0.1, -0.05) is 23.7 Å². The highest BCUT2D eigenvalue weighted by Crippen LogP contribution is 2.11. The predicted molar refractivity (Wildman–Crippen MR) is 109 cm³/mol. The zero-order chi connectivity index (χ0) is 16.7. The summed E-state index contributed by atoms with van der Waals surface area (Å²) in [4.78, 5) is 8.83. The van der Waals surface area contributed by atoms with Crippen molar-refractivity contribution in [1.29, 1.82) is 0 Å². The van der Waals surface area contributed by atoms with Crippen LogP contribution in [0.4, 0.5) is 0 Å². The number of rotatable bonds is 6. The summed E-state index contributed by atoms with van der Waals surface area (Å²) in [7, 11) is 0. The Balaban J connectivity index is 0.00000288. The lowest BCUT2D eigenvalue weighted by atomic mass is 10.1. The summed E-state index contributed by atoms with van der Waals surface area (Å²) in [5.41, 5.74) is 2.11. The first-order valence-corrected chi connectivity index (χ1v) is 8.15. The number of aliphatic imine (C=N–C) groups is 1. The number of guanidine groups is 1. The Morgan fingerprint density at radius 3 is 2.71 bits per heavy atom. The topological polar surface area (TPSA) is 62.5 Å². The number of oxazole rings is 1. The maximum atomic E-state index is 5.99. The summed E-state index contributed by atoms with van der Waals surface area (Å²) < 4.78 is 5.54. The first-order chi connectivity index (χ1) is 11.1. The third-order valence-corrected chi connectivity index (χ3v) is 3.62. The third-order valence-electron chi connectivity index (χ3n) is 3.38. The molecule has 0 saturated heterocycles. The fourth-order valence-electron chi connectivity index (χ4n) is 2.11. The van der Waals surface area contributed by atoms with Gasteiger partial charge in [-0.15, -0.1) is 24.0 Å². The Kier molecular flexibility index (Phi) is 9.13. The van der Waals surface area contributed by atoms with E-state index in [9.17, 15) is 0 Å². The molecule has 0 saturated carbocycles. The summed E-state index contributed by atoms with van der Waals surface area (Å²) in [6.07, 6.45) is 0.877. The molecule has 0 aliphatic rings. The van der Waals surface area contributed by atoms with E-state index in [4.69, 9.17) is 16.0 Å². The van der Waals surface area contributed by atoms with E-state index in [0.717, 1.165) is 41.9 Å². The summed E-state index contributed by atoms with van der Waals surface area (Å²) in [6.45, 7) is 7.86. The molecule has 0 spiro atoms. The second kappa shape index (κ2) is 10.6. The molecule has 0 aliphatic heterocycles. The van der Waals surface area contributed by atoms with Crippen LogP contribution in [0.3, 0.4) is 0 Å². The fourth-order valence-corrected chi connectivity index (χ4v) is 2.33. The van der Waals surface area contributed by atoms with Crippen LogP contribution in [-0.2, 0) is 13.0 Å². The Labute approximate surface area is 165 Å². The lowest BCUT2D eigenvalue weighted by Gasteiger charge is -2.11. The minimum atomic E-state index is 0. The maximum Gasteiger partial charge on any atom is 0.216 e. The molecule has 0 amide bonds. The molecule has 132 valence electrons. The van der Waals surface area contributed by atoms with Crippen molar-refractivity contribution >= 4 is 41.5 Å². The Morgan fingerprint density at radius 2 is 2.08 bits per heavy atom. The highest BCUT2D eigenvalue weighted by Gasteiger charge is 2.05. The van der Waals surface area contributed by atoms with Crippen molar-refractivity contribution in [3.8, 4) is 0 Å². The monoisotopic (exact) mass is 462 g/mol. The van der Waals surface area contributed by atoms with Crippen LogP contribution in [-0.4, -0.2) is 24.0 Å². The molecule has 5 nitrogen and oxygen atoms in total. The van der Waals surface area contributed by atoms with Gasteiger partial charge in [0.05, 0.1) is 5.69 Å². The Morgan fingerprint density at radius 1 is 1.29 bits per heavy atom. The first kappa shape index (κ1) is 20.8. The largest absolute Gasteiger partial charge is 0.444 e. The van der Waals surface area contributed by atoms with Gasteiger partial charge in [-0.2, -0.15) is 0 Å². The lowest BCUT2D eigenvalue weighted by Crippen LogP contribution is -2.38. The number of hydrogen-bond acceptors (Lipinski definition) is 3. The molecule has 2 aromatic rings. The molecule has 1 aromatic heterocycles. The Hall–Kier alpha value is -1.28. The summed E-state index contributed by atoms with van der Waals surface area (Å²) in [5, 5.41) is 7.28. The molecule has 0 atom stereocenters. The van der Waals surface area contributed by atoms with Gasteiger partial charge < -0.3 is 15.1 Å². The summed E-state index contributed by atoms with van der Waals surface area (Å²) in [5.74, 6) is 2.23. The van der Waals surface area contributed by atoms with Crippen LogP contribution in [0.1, 0.15) is 29.8 Å². The second-order valence-electron chi connectivity index (χ2n) is 5.25. The number of benzene rings is 1. The van der Waals surface area contributed by atoms with Crippen molar-refractivity contribution in [3.05, 3.63) is 52.2 Å². The molecule has 1 heterocycles. The van der Waals surface area contributed by atoms with Gasteiger partial charge in [0.2, 0.25) is 5.89 Å². The van der Waals surface area contributed by atoms with E-state index >= 15 is 0 Å². The highest BCUT2D eigenvalue weighted by atomic mass is 127. The van der Waals surface area contributed by atoms with Crippen LogP contribution in [0.5, 0.6) is 0 Å². The molecular weight excluding hydrogens is 439 g/mol. The number of halogens is 2. The van der Waals surface area contributed by atoms with Gasteiger partial charge in [-0.25, -0.2) is 9.98 Å². The van der Waals surface area contributed by atoms with Crippen molar-refractivity contribution in [1.82, 2.24) is 15.6 Å². The number of nitrogens with one attached hydrogen (secondary N) is 2. The Bertz CT molecular complexity index is 653. The third kappa shape index (κ3) is 6.68. The smallest absolute Gasteiger partial charge is 0.216 e. The molecule has 1 aromatic carbocycles. The minimum Gasteiger partial charge on any atom is -0.444 e. The molecule has 0 fully saturated rings. The van der Waals surface area contributed by atoms with Gasteiger partial charge in [0.1, 0.15) is 12.3 Å². The molecule has 0 radical (unpaired) electrons. The molecule has 2 rings (SSSR count). The lowest BCUT2D eigenvalue weighted by molar-refractivity contribution is 0.473. The van der Waals surface area contributed by atoms with Crippen LogP contribution in [0.15, 0.2) is 33.7 Å². The molecular formula is C17H24ClIN4O. The van der Waals surface area contributed by atoms with Crippen LogP contribution >= 0.6 is 35.6 Å². The van der Waals surface area contributed by atoms with Crippen molar-refractivity contribution in [2.24, 2.45) is 4.99 Å².